The summed E-state index contributed by atoms with van der Waals surface area (Å²) in [5, 5.41) is 8.46. The molecule has 9 nitrogen and oxygen atoms in total. The van der Waals surface area contributed by atoms with Gasteiger partial charge in [-0.1, -0.05) is 36.4 Å². The van der Waals surface area contributed by atoms with Crippen LogP contribution in [-0.4, -0.2) is 36.6 Å². The van der Waals surface area contributed by atoms with Gasteiger partial charge in [-0.2, -0.15) is 5.10 Å². The summed E-state index contributed by atoms with van der Waals surface area (Å²) in [6.07, 6.45) is 4.86. The molecule has 10 heteroatoms. The fraction of sp³-hybridized carbons (Fsp3) is 0.194. The first-order valence-corrected chi connectivity index (χ1v) is 14.0. The van der Waals surface area contributed by atoms with Crippen LogP contribution in [-0.2, 0) is 27.2 Å². The molecule has 2 amide bonds. The number of hydrogen-bond acceptors (Lipinski definition) is 8. The van der Waals surface area contributed by atoms with E-state index in [-0.39, 0.29) is 6.61 Å². The summed E-state index contributed by atoms with van der Waals surface area (Å²) < 4.78 is 10.7. The first kappa shape index (κ1) is 27.7. The minimum atomic E-state index is -0.983. The molecule has 1 heterocycles. The number of hydrogen-bond donors (Lipinski definition) is 2. The number of nitrogens with one attached hydrogen (secondary N) is 2. The van der Waals surface area contributed by atoms with Crippen LogP contribution in [0, 0.1) is 0 Å². The van der Waals surface area contributed by atoms with Crippen molar-refractivity contribution in [3.8, 4) is 5.75 Å². The molecular weight excluding hydrogens is 542 g/mol. The average molecular weight is 570 g/mol. The van der Waals surface area contributed by atoms with Gasteiger partial charge in [0, 0.05) is 4.88 Å². The molecule has 41 heavy (non-hydrogen) atoms. The lowest BCUT2D eigenvalue weighted by atomic mass is 9.95. The number of anilines is 1. The quantitative estimate of drug-likeness (QED) is 0.103. The predicted molar refractivity (Wildman–Crippen MR) is 157 cm³/mol. The van der Waals surface area contributed by atoms with Crippen LogP contribution in [0.2, 0.25) is 0 Å². The van der Waals surface area contributed by atoms with Crippen molar-refractivity contribution < 1.29 is 28.7 Å². The second kappa shape index (κ2) is 12.6. The van der Waals surface area contributed by atoms with E-state index >= 15 is 0 Å². The van der Waals surface area contributed by atoms with Crippen molar-refractivity contribution in [2.75, 3.05) is 11.9 Å². The molecule has 0 saturated carbocycles. The summed E-state index contributed by atoms with van der Waals surface area (Å²) in [4.78, 5) is 51.3. The second-order valence-corrected chi connectivity index (χ2v) is 10.4. The van der Waals surface area contributed by atoms with Crippen LogP contribution < -0.4 is 15.5 Å². The van der Waals surface area contributed by atoms with Crippen LogP contribution in [0.1, 0.15) is 56.5 Å². The minimum Gasteiger partial charge on any atom is -0.462 e. The second-order valence-electron chi connectivity index (χ2n) is 9.27. The SMILES string of the molecule is CCOC(=O)c1c(NC(=O)C(=O)N/N=C\c2ccc(OC(=O)c3cccc4ccccc34)cc2)sc2c1CCCC2. The lowest BCUT2D eigenvalue weighted by Gasteiger charge is -2.12. The van der Waals surface area contributed by atoms with Crippen LogP contribution in [0.25, 0.3) is 10.8 Å². The van der Waals surface area contributed by atoms with E-state index in [0.29, 0.717) is 27.4 Å². The van der Waals surface area contributed by atoms with Gasteiger partial charge in [0.25, 0.3) is 0 Å². The Balaban J connectivity index is 1.18. The van der Waals surface area contributed by atoms with Crippen molar-refractivity contribution in [2.24, 2.45) is 5.10 Å². The predicted octanol–water partition coefficient (Wildman–Crippen LogP) is 5.26. The van der Waals surface area contributed by atoms with Crippen molar-refractivity contribution in [1.29, 1.82) is 0 Å². The van der Waals surface area contributed by atoms with Crippen molar-refractivity contribution in [3.05, 3.63) is 93.9 Å². The fourth-order valence-corrected chi connectivity index (χ4v) is 5.91. The zero-order valence-corrected chi connectivity index (χ0v) is 23.1. The first-order valence-electron chi connectivity index (χ1n) is 13.2. The third-order valence-corrected chi connectivity index (χ3v) is 7.77. The number of carbonyl (C=O) groups is 4. The molecule has 0 unspecified atom stereocenters. The molecule has 0 atom stereocenters. The highest BCUT2D eigenvalue weighted by Gasteiger charge is 2.28. The molecule has 0 fully saturated rings. The Kier molecular flexibility index (Phi) is 8.50. The number of fused-ring (bicyclic) bond motifs is 2. The molecule has 2 N–H and O–H groups in total. The van der Waals surface area contributed by atoms with Crippen LogP contribution in [0.4, 0.5) is 5.00 Å². The third kappa shape index (κ3) is 6.33. The highest BCUT2D eigenvalue weighted by Crippen LogP contribution is 2.38. The van der Waals surface area contributed by atoms with Gasteiger partial charge in [0.2, 0.25) is 0 Å². The monoisotopic (exact) mass is 569 g/mol. The van der Waals surface area contributed by atoms with Crippen molar-refractivity contribution in [3.63, 3.8) is 0 Å². The maximum Gasteiger partial charge on any atom is 0.344 e. The van der Waals surface area contributed by atoms with Gasteiger partial charge in [-0.3, -0.25) is 9.59 Å². The molecule has 5 rings (SSSR count). The molecule has 0 aliphatic heterocycles. The van der Waals surface area contributed by atoms with Crippen molar-refractivity contribution in [2.45, 2.75) is 32.6 Å². The molecule has 0 bridgehead atoms. The number of thiophene rings is 1. The highest BCUT2D eigenvalue weighted by atomic mass is 32.1. The van der Waals surface area contributed by atoms with Crippen molar-refractivity contribution >= 4 is 57.1 Å². The zero-order chi connectivity index (χ0) is 28.8. The van der Waals surface area contributed by atoms with E-state index in [0.717, 1.165) is 46.9 Å². The minimum absolute atomic E-state index is 0.208. The number of aryl methyl sites for hydroxylation is 1. The Morgan fingerprint density at radius 3 is 2.46 bits per heavy atom. The lowest BCUT2D eigenvalue weighted by molar-refractivity contribution is -0.136. The molecule has 208 valence electrons. The molecule has 0 spiro atoms. The third-order valence-electron chi connectivity index (χ3n) is 6.56. The smallest absolute Gasteiger partial charge is 0.344 e. The Morgan fingerprint density at radius 2 is 1.66 bits per heavy atom. The van der Waals surface area contributed by atoms with Crippen LogP contribution >= 0.6 is 11.3 Å². The lowest BCUT2D eigenvalue weighted by Crippen LogP contribution is -2.32. The van der Waals surface area contributed by atoms with Gasteiger partial charge < -0.3 is 14.8 Å². The summed E-state index contributed by atoms with van der Waals surface area (Å²) in [5.74, 6) is -2.56. The Bertz CT molecular complexity index is 1650. The van der Waals surface area contributed by atoms with Gasteiger partial charge in [-0.15, -0.1) is 11.3 Å². The van der Waals surface area contributed by atoms with Gasteiger partial charge in [0.1, 0.15) is 10.8 Å². The number of benzene rings is 3. The Hall–Kier alpha value is -4.83. The van der Waals surface area contributed by atoms with E-state index in [1.54, 1.807) is 43.3 Å². The summed E-state index contributed by atoms with van der Waals surface area (Å²) in [6.45, 7) is 1.92. The van der Waals surface area contributed by atoms with Crippen molar-refractivity contribution in [1.82, 2.24) is 5.43 Å². The number of esters is 2. The normalized spacial score (nSPS) is 12.5. The number of carbonyl (C=O) groups excluding carboxylic acids is 4. The number of ether oxygens (including phenoxy) is 2. The molecule has 0 saturated heterocycles. The molecule has 3 aromatic carbocycles. The molecule has 1 aliphatic carbocycles. The highest BCUT2D eigenvalue weighted by molar-refractivity contribution is 7.17. The van der Waals surface area contributed by atoms with Gasteiger partial charge >= 0.3 is 23.8 Å². The molecule has 1 aromatic heterocycles. The van der Waals surface area contributed by atoms with E-state index in [1.807, 2.05) is 30.3 Å². The number of amides is 2. The Labute approximate surface area is 240 Å². The molecule has 0 radical (unpaired) electrons. The maximum absolute atomic E-state index is 12.7. The van der Waals surface area contributed by atoms with Crippen LogP contribution in [0.5, 0.6) is 5.75 Å². The summed E-state index contributed by atoms with van der Waals surface area (Å²) in [5.41, 5.74) is 4.48. The van der Waals surface area contributed by atoms with Crippen LogP contribution in [0.3, 0.4) is 0 Å². The molecular formula is C31H27N3O6S. The number of nitrogens with zero attached hydrogens (tertiary/aromatic N) is 1. The van der Waals surface area contributed by atoms with E-state index in [2.05, 4.69) is 15.8 Å². The Morgan fingerprint density at radius 1 is 0.902 bits per heavy atom. The fourth-order valence-electron chi connectivity index (χ4n) is 4.64. The number of rotatable bonds is 7. The summed E-state index contributed by atoms with van der Waals surface area (Å²) >= 11 is 1.30. The average Bonchev–Trinajstić information content (AvgIpc) is 3.35. The summed E-state index contributed by atoms with van der Waals surface area (Å²) in [6, 6.07) is 19.5. The van der Waals surface area contributed by atoms with E-state index < -0.39 is 23.8 Å². The van der Waals surface area contributed by atoms with E-state index in [1.165, 1.54) is 17.6 Å². The van der Waals surface area contributed by atoms with E-state index in [9.17, 15) is 19.2 Å². The van der Waals surface area contributed by atoms with Gasteiger partial charge in [0.15, 0.2) is 0 Å². The topological polar surface area (TPSA) is 123 Å². The van der Waals surface area contributed by atoms with Gasteiger partial charge in [-0.25, -0.2) is 15.0 Å². The maximum atomic E-state index is 12.7. The summed E-state index contributed by atoms with van der Waals surface area (Å²) in [7, 11) is 0. The zero-order valence-electron chi connectivity index (χ0n) is 22.3. The number of hydrazone groups is 1. The van der Waals surface area contributed by atoms with Crippen LogP contribution in [0.15, 0.2) is 71.8 Å². The molecule has 4 aromatic rings. The largest absolute Gasteiger partial charge is 0.462 e. The van der Waals surface area contributed by atoms with Gasteiger partial charge in [0.05, 0.1) is 23.9 Å². The van der Waals surface area contributed by atoms with E-state index in [4.69, 9.17) is 9.47 Å². The first-order chi connectivity index (χ1) is 19.9. The molecule has 1 aliphatic rings. The van der Waals surface area contributed by atoms with Gasteiger partial charge in [-0.05, 0) is 84.8 Å². The standard InChI is InChI=1S/C31H27N3O6S/c1-2-39-31(38)26-24-11-5-6-13-25(24)41-29(26)33-27(35)28(36)34-32-18-19-14-16-21(17-15-19)40-30(37)23-12-7-9-20-8-3-4-10-22(20)23/h3-4,7-10,12,14-18H,2,5-6,11,13H2,1H3,(H,33,35)(H,34,36)/b32-18-.